The van der Waals surface area contributed by atoms with Crippen molar-refractivity contribution in [2.24, 2.45) is 0 Å². The standard InChI is InChI=1S/C26H27FN6O2S/c1-3-28-26-32-23(17-12-16(2)13-19(34)14-17)24(36-26)21-6-7-29-25(31-21)30-18-4-5-22(20(27)15-18)33-8-10-35-11-9-33/h4-7,12-15,34H,3,8-11H2,1-2H3,(H,28,32)(H,29,30,31). The van der Waals surface area contributed by atoms with Crippen molar-refractivity contribution < 1.29 is 14.2 Å². The van der Waals surface area contributed by atoms with E-state index in [0.29, 0.717) is 49.3 Å². The molecule has 0 amide bonds. The molecule has 2 aromatic heterocycles. The molecule has 1 fully saturated rings. The second-order valence-electron chi connectivity index (χ2n) is 8.44. The van der Waals surface area contributed by atoms with Crippen LogP contribution in [0.3, 0.4) is 0 Å². The summed E-state index contributed by atoms with van der Waals surface area (Å²) >= 11 is 1.48. The van der Waals surface area contributed by atoms with Gasteiger partial charge in [-0.15, -0.1) is 0 Å². The highest BCUT2D eigenvalue weighted by Gasteiger charge is 2.19. The SMILES string of the molecule is CCNc1nc(-c2cc(C)cc(O)c2)c(-c2ccnc(Nc3ccc(N4CCOCC4)c(F)c3)n2)s1. The summed E-state index contributed by atoms with van der Waals surface area (Å²) in [5, 5.41) is 17.3. The van der Waals surface area contributed by atoms with Crippen molar-refractivity contribution in [3.05, 3.63) is 60.0 Å². The predicted octanol–water partition coefficient (Wildman–Crippen LogP) is 5.43. The second-order valence-corrected chi connectivity index (χ2v) is 9.44. The first kappa shape index (κ1) is 24.0. The van der Waals surface area contributed by atoms with Crippen molar-refractivity contribution >= 4 is 33.8 Å². The van der Waals surface area contributed by atoms with Crippen molar-refractivity contribution in [1.29, 1.82) is 0 Å². The normalized spacial score (nSPS) is 13.6. The smallest absolute Gasteiger partial charge is 0.227 e. The van der Waals surface area contributed by atoms with Crippen LogP contribution in [0, 0.1) is 12.7 Å². The average Bonchev–Trinajstić information content (AvgIpc) is 3.29. The lowest BCUT2D eigenvalue weighted by molar-refractivity contribution is 0.122. The van der Waals surface area contributed by atoms with Gasteiger partial charge in [-0.1, -0.05) is 11.3 Å². The number of aromatic nitrogens is 3. The van der Waals surface area contributed by atoms with Gasteiger partial charge in [0, 0.05) is 37.1 Å². The largest absolute Gasteiger partial charge is 0.508 e. The van der Waals surface area contributed by atoms with E-state index in [2.05, 4.69) is 15.6 Å². The first-order valence-electron chi connectivity index (χ1n) is 11.8. The summed E-state index contributed by atoms with van der Waals surface area (Å²) in [6, 6.07) is 12.2. The van der Waals surface area contributed by atoms with Crippen LogP contribution in [0.25, 0.3) is 21.8 Å². The summed E-state index contributed by atoms with van der Waals surface area (Å²) in [5.74, 6) is 0.223. The van der Waals surface area contributed by atoms with Crippen molar-refractivity contribution in [3.8, 4) is 27.6 Å². The maximum absolute atomic E-state index is 14.9. The highest BCUT2D eigenvalue weighted by Crippen LogP contribution is 2.39. The number of anilines is 4. The number of aryl methyl sites for hydroxylation is 1. The van der Waals surface area contributed by atoms with E-state index >= 15 is 0 Å². The number of rotatable bonds is 7. The Labute approximate surface area is 212 Å². The average molecular weight is 507 g/mol. The van der Waals surface area contributed by atoms with Gasteiger partial charge in [-0.25, -0.2) is 19.3 Å². The van der Waals surface area contributed by atoms with E-state index in [1.54, 1.807) is 24.4 Å². The molecular weight excluding hydrogens is 479 g/mol. The Kier molecular flexibility index (Phi) is 6.97. The first-order valence-corrected chi connectivity index (χ1v) is 12.6. The van der Waals surface area contributed by atoms with Crippen LogP contribution in [0.5, 0.6) is 5.75 Å². The summed E-state index contributed by atoms with van der Waals surface area (Å²) in [6.07, 6.45) is 1.66. The van der Waals surface area contributed by atoms with E-state index in [-0.39, 0.29) is 11.6 Å². The maximum atomic E-state index is 14.9. The molecule has 0 atom stereocenters. The number of hydrogen-bond donors (Lipinski definition) is 3. The Morgan fingerprint density at radius 3 is 2.69 bits per heavy atom. The fourth-order valence-electron chi connectivity index (χ4n) is 4.14. The van der Waals surface area contributed by atoms with E-state index in [0.717, 1.165) is 33.4 Å². The lowest BCUT2D eigenvalue weighted by atomic mass is 10.1. The van der Waals surface area contributed by atoms with Crippen LogP contribution < -0.4 is 15.5 Å². The molecule has 1 saturated heterocycles. The molecule has 10 heteroatoms. The predicted molar refractivity (Wildman–Crippen MR) is 142 cm³/mol. The van der Waals surface area contributed by atoms with Gasteiger partial charge in [0.15, 0.2) is 5.13 Å². The quantitative estimate of drug-likeness (QED) is 0.305. The number of aromatic hydroxyl groups is 1. The Morgan fingerprint density at radius 1 is 1.11 bits per heavy atom. The summed E-state index contributed by atoms with van der Waals surface area (Å²) in [4.78, 5) is 16.6. The molecule has 8 nitrogen and oxygen atoms in total. The Morgan fingerprint density at radius 2 is 1.94 bits per heavy atom. The van der Waals surface area contributed by atoms with Crippen LogP contribution in [0.4, 0.5) is 26.8 Å². The van der Waals surface area contributed by atoms with Crippen molar-refractivity contribution in [2.75, 3.05) is 48.4 Å². The third-order valence-electron chi connectivity index (χ3n) is 5.73. The lowest BCUT2D eigenvalue weighted by Crippen LogP contribution is -2.36. The van der Waals surface area contributed by atoms with E-state index in [1.807, 2.05) is 36.9 Å². The van der Waals surface area contributed by atoms with Gasteiger partial charge in [-0.3, -0.25) is 0 Å². The number of halogens is 1. The van der Waals surface area contributed by atoms with Crippen LogP contribution in [-0.4, -0.2) is 52.9 Å². The molecule has 5 rings (SSSR count). The monoisotopic (exact) mass is 506 g/mol. The van der Waals surface area contributed by atoms with Gasteiger partial charge in [0.2, 0.25) is 5.95 Å². The molecular formula is C26H27FN6O2S. The van der Waals surface area contributed by atoms with E-state index in [4.69, 9.17) is 14.7 Å². The maximum Gasteiger partial charge on any atom is 0.227 e. The number of phenolic OH excluding ortho intramolecular Hbond substituents is 1. The molecule has 0 saturated carbocycles. The second kappa shape index (κ2) is 10.5. The third-order valence-corrected chi connectivity index (χ3v) is 6.77. The molecule has 3 heterocycles. The minimum Gasteiger partial charge on any atom is -0.508 e. The molecule has 36 heavy (non-hydrogen) atoms. The summed E-state index contributed by atoms with van der Waals surface area (Å²) in [5.41, 5.74) is 4.25. The van der Waals surface area contributed by atoms with E-state index < -0.39 is 0 Å². The summed E-state index contributed by atoms with van der Waals surface area (Å²) in [7, 11) is 0. The molecule has 0 unspecified atom stereocenters. The van der Waals surface area contributed by atoms with Gasteiger partial charge in [-0.05, 0) is 61.9 Å². The van der Waals surface area contributed by atoms with E-state index in [9.17, 15) is 9.50 Å². The molecule has 1 aliphatic heterocycles. The third kappa shape index (κ3) is 5.24. The van der Waals surface area contributed by atoms with Gasteiger partial charge in [-0.2, -0.15) is 0 Å². The molecule has 3 N–H and O–H groups in total. The number of thiazole rings is 1. The number of ether oxygens (including phenoxy) is 1. The van der Waals surface area contributed by atoms with Gasteiger partial charge in [0.05, 0.1) is 35.2 Å². The van der Waals surface area contributed by atoms with Crippen LogP contribution in [0.15, 0.2) is 48.7 Å². The van der Waals surface area contributed by atoms with Gasteiger partial charge in [0.1, 0.15) is 11.6 Å². The number of phenols is 1. The van der Waals surface area contributed by atoms with Crippen LogP contribution in [0.1, 0.15) is 12.5 Å². The van der Waals surface area contributed by atoms with Gasteiger partial charge in [0.25, 0.3) is 0 Å². The molecule has 0 bridgehead atoms. The van der Waals surface area contributed by atoms with Crippen molar-refractivity contribution in [1.82, 2.24) is 15.0 Å². The highest BCUT2D eigenvalue weighted by molar-refractivity contribution is 7.19. The zero-order valence-electron chi connectivity index (χ0n) is 20.1. The minimum atomic E-state index is -0.308. The van der Waals surface area contributed by atoms with Crippen LogP contribution in [-0.2, 0) is 4.74 Å². The lowest BCUT2D eigenvalue weighted by Gasteiger charge is -2.29. The number of nitrogens with one attached hydrogen (secondary N) is 2. The Hall–Kier alpha value is -3.76. The topological polar surface area (TPSA) is 95.4 Å². The minimum absolute atomic E-state index is 0.182. The zero-order chi connectivity index (χ0) is 25.1. The fraction of sp³-hybridized carbons (Fsp3) is 0.269. The van der Waals surface area contributed by atoms with Crippen LogP contribution in [0.2, 0.25) is 0 Å². The number of nitrogens with zero attached hydrogens (tertiary/aromatic N) is 4. The summed E-state index contributed by atoms with van der Waals surface area (Å²) in [6.45, 7) is 7.19. The van der Waals surface area contributed by atoms with Crippen molar-refractivity contribution in [3.63, 3.8) is 0 Å². The Bertz CT molecular complexity index is 1350. The van der Waals surface area contributed by atoms with Gasteiger partial charge < -0.3 is 25.4 Å². The number of morpholine rings is 1. The molecule has 1 aliphatic rings. The number of hydrogen-bond acceptors (Lipinski definition) is 9. The Balaban J connectivity index is 1.44. The number of benzene rings is 2. The molecule has 2 aromatic carbocycles. The highest BCUT2D eigenvalue weighted by atomic mass is 32.1. The van der Waals surface area contributed by atoms with Crippen molar-refractivity contribution in [2.45, 2.75) is 13.8 Å². The van der Waals surface area contributed by atoms with Crippen LogP contribution >= 0.6 is 11.3 Å². The molecule has 0 spiro atoms. The molecule has 4 aromatic rings. The van der Waals surface area contributed by atoms with E-state index in [1.165, 1.54) is 17.4 Å². The molecule has 0 aliphatic carbocycles. The summed E-state index contributed by atoms with van der Waals surface area (Å²) < 4.78 is 20.2. The molecule has 0 radical (unpaired) electrons. The van der Waals surface area contributed by atoms with Gasteiger partial charge >= 0.3 is 0 Å². The zero-order valence-corrected chi connectivity index (χ0v) is 20.9. The molecule has 186 valence electrons. The fourth-order valence-corrected chi connectivity index (χ4v) is 5.16. The first-order chi connectivity index (χ1) is 17.5.